The first-order valence-corrected chi connectivity index (χ1v) is 14.4. The standard InChI is InChI=1S/C29H17Cl3FNO4S2/c30-18-7-9-20(21(31)13-18)27(35)34(15-19-8-11-25(39-19)17-6-10-23(33)22(32)12-17)24-14-26(16-4-2-1-3-5-16)40-28(24)38-29(36)37/h1-14H,15H2,(H,36,37). The number of anilines is 1. The molecular weight excluding hydrogens is 616 g/mol. The second kappa shape index (κ2) is 12.0. The van der Waals surface area contributed by atoms with Gasteiger partial charge in [-0.05, 0) is 59.7 Å². The average Bonchev–Trinajstić information content (AvgIpc) is 3.56. The Bertz CT molecular complexity index is 1720. The second-order valence-corrected chi connectivity index (χ2v) is 11.9. The maximum absolute atomic E-state index is 14.0. The van der Waals surface area contributed by atoms with Crippen molar-refractivity contribution in [3.63, 3.8) is 0 Å². The van der Waals surface area contributed by atoms with Crippen LogP contribution in [0.4, 0.5) is 14.9 Å². The number of carbonyl (C=O) groups excluding carboxylic acids is 1. The van der Waals surface area contributed by atoms with E-state index in [4.69, 9.17) is 39.5 Å². The zero-order valence-electron chi connectivity index (χ0n) is 20.2. The van der Waals surface area contributed by atoms with Gasteiger partial charge in [-0.15, -0.1) is 11.3 Å². The predicted octanol–water partition coefficient (Wildman–Crippen LogP) is 10.1. The summed E-state index contributed by atoms with van der Waals surface area (Å²) in [5, 5.41) is 10.0. The predicted molar refractivity (Wildman–Crippen MR) is 160 cm³/mol. The van der Waals surface area contributed by atoms with E-state index in [2.05, 4.69) is 0 Å². The lowest BCUT2D eigenvalue weighted by Crippen LogP contribution is -2.30. The maximum Gasteiger partial charge on any atom is 0.512 e. The van der Waals surface area contributed by atoms with Crippen molar-refractivity contribution < 1.29 is 23.8 Å². The fraction of sp³-hybridized carbons (Fsp3) is 0.0345. The van der Waals surface area contributed by atoms with E-state index >= 15 is 0 Å². The van der Waals surface area contributed by atoms with Crippen molar-refractivity contribution in [2.75, 3.05) is 4.90 Å². The highest BCUT2D eigenvalue weighted by Crippen LogP contribution is 2.45. The van der Waals surface area contributed by atoms with Gasteiger partial charge in [0.25, 0.3) is 5.91 Å². The van der Waals surface area contributed by atoms with Crippen LogP contribution in [-0.4, -0.2) is 17.2 Å². The molecule has 5 rings (SSSR count). The molecule has 0 aliphatic rings. The summed E-state index contributed by atoms with van der Waals surface area (Å²) in [6.45, 7) is 0.0678. The van der Waals surface area contributed by atoms with E-state index in [-0.39, 0.29) is 32.9 Å². The molecule has 3 aromatic carbocycles. The maximum atomic E-state index is 14.0. The van der Waals surface area contributed by atoms with E-state index in [1.165, 1.54) is 40.5 Å². The molecule has 0 unspecified atom stereocenters. The molecule has 0 bridgehead atoms. The van der Waals surface area contributed by atoms with Gasteiger partial charge in [-0.2, -0.15) is 0 Å². The van der Waals surface area contributed by atoms with Crippen molar-refractivity contribution in [1.29, 1.82) is 0 Å². The third kappa shape index (κ3) is 6.16. The third-order valence-electron chi connectivity index (χ3n) is 5.80. The summed E-state index contributed by atoms with van der Waals surface area (Å²) in [5.41, 5.74) is 2.00. The summed E-state index contributed by atoms with van der Waals surface area (Å²) in [6.07, 6.45) is -1.51. The van der Waals surface area contributed by atoms with Crippen molar-refractivity contribution in [3.8, 4) is 25.9 Å². The Kier molecular flexibility index (Phi) is 8.44. The highest BCUT2D eigenvalue weighted by atomic mass is 35.5. The van der Waals surface area contributed by atoms with Crippen LogP contribution in [0.15, 0.2) is 84.9 Å². The number of hydrogen-bond donors (Lipinski definition) is 1. The van der Waals surface area contributed by atoms with Gasteiger partial charge in [-0.3, -0.25) is 9.69 Å². The molecule has 0 atom stereocenters. The Morgan fingerprint density at radius 1 is 0.825 bits per heavy atom. The van der Waals surface area contributed by atoms with Crippen LogP contribution in [0.3, 0.4) is 0 Å². The Morgan fingerprint density at radius 3 is 2.30 bits per heavy atom. The first kappa shape index (κ1) is 28.1. The molecule has 0 aliphatic carbocycles. The van der Waals surface area contributed by atoms with Gasteiger partial charge < -0.3 is 9.84 Å². The molecule has 40 heavy (non-hydrogen) atoms. The van der Waals surface area contributed by atoms with Crippen LogP contribution in [0, 0.1) is 5.82 Å². The van der Waals surface area contributed by atoms with Crippen molar-refractivity contribution in [1.82, 2.24) is 0 Å². The molecule has 11 heteroatoms. The molecule has 0 fully saturated rings. The van der Waals surface area contributed by atoms with E-state index in [0.717, 1.165) is 32.2 Å². The largest absolute Gasteiger partial charge is 0.512 e. The zero-order valence-corrected chi connectivity index (χ0v) is 24.1. The van der Waals surface area contributed by atoms with Crippen molar-refractivity contribution in [2.45, 2.75) is 6.54 Å². The van der Waals surface area contributed by atoms with E-state index in [1.807, 2.05) is 42.5 Å². The number of nitrogens with zero attached hydrogens (tertiary/aromatic N) is 1. The molecule has 5 aromatic rings. The lowest BCUT2D eigenvalue weighted by molar-refractivity contribution is 0.0983. The minimum Gasteiger partial charge on any atom is -0.449 e. The lowest BCUT2D eigenvalue weighted by Gasteiger charge is -2.22. The van der Waals surface area contributed by atoms with Crippen LogP contribution in [0.5, 0.6) is 5.06 Å². The van der Waals surface area contributed by atoms with Gasteiger partial charge in [0.2, 0.25) is 5.06 Å². The summed E-state index contributed by atoms with van der Waals surface area (Å²) < 4.78 is 18.8. The Labute approximate surface area is 251 Å². The molecule has 0 radical (unpaired) electrons. The second-order valence-electron chi connectivity index (χ2n) is 8.43. The van der Waals surface area contributed by atoms with E-state index < -0.39 is 17.9 Å². The number of rotatable bonds is 7. The fourth-order valence-electron chi connectivity index (χ4n) is 3.95. The highest BCUT2D eigenvalue weighted by molar-refractivity contribution is 7.18. The molecular formula is C29H17Cl3FNO4S2. The molecule has 0 saturated heterocycles. The van der Waals surface area contributed by atoms with E-state index in [0.29, 0.717) is 9.90 Å². The molecule has 0 aliphatic heterocycles. The Balaban J connectivity index is 1.59. The van der Waals surface area contributed by atoms with Gasteiger partial charge in [0.1, 0.15) is 5.82 Å². The number of amides is 1. The number of carbonyl (C=O) groups is 2. The first-order valence-electron chi connectivity index (χ1n) is 11.6. The van der Waals surface area contributed by atoms with Gasteiger partial charge in [-0.1, -0.05) is 82.5 Å². The van der Waals surface area contributed by atoms with Gasteiger partial charge in [0.05, 0.1) is 27.8 Å². The van der Waals surface area contributed by atoms with Crippen LogP contribution in [0.1, 0.15) is 15.2 Å². The van der Waals surface area contributed by atoms with Crippen molar-refractivity contribution in [2.24, 2.45) is 0 Å². The van der Waals surface area contributed by atoms with E-state index in [1.54, 1.807) is 18.2 Å². The van der Waals surface area contributed by atoms with Crippen LogP contribution in [0.25, 0.3) is 20.9 Å². The van der Waals surface area contributed by atoms with Gasteiger partial charge >= 0.3 is 6.16 Å². The highest BCUT2D eigenvalue weighted by Gasteiger charge is 2.28. The summed E-state index contributed by atoms with van der Waals surface area (Å²) in [7, 11) is 0. The van der Waals surface area contributed by atoms with E-state index in [9.17, 15) is 19.1 Å². The number of carboxylic acid groups (broad SMARTS) is 1. The molecule has 2 heterocycles. The Hall–Kier alpha value is -3.40. The number of hydrogen-bond acceptors (Lipinski definition) is 5. The number of benzene rings is 3. The van der Waals surface area contributed by atoms with Gasteiger partial charge in [-0.25, -0.2) is 9.18 Å². The number of ether oxygens (including phenoxy) is 1. The molecule has 0 spiro atoms. The van der Waals surface area contributed by atoms with Gasteiger partial charge in [0.15, 0.2) is 0 Å². The third-order valence-corrected chi connectivity index (χ3v) is 8.80. The summed E-state index contributed by atoms with van der Waals surface area (Å²) in [4.78, 5) is 29.3. The average molecular weight is 633 g/mol. The molecule has 202 valence electrons. The molecule has 1 N–H and O–H groups in total. The number of halogens is 4. The Morgan fingerprint density at radius 2 is 1.60 bits per heavy atom. The topological polar surface area (TPSA) is 66.8 Å². The minimum absolute atomic E-state index is 0.00353. The molecule has 0 saturated carbocycles. The van der Waals surface area contributed by atoms with Crippen LogP contribution in [0.2, 0.25) is 15.1 Å². The summed E-state index contributed by atoms with van der Waals surface area (Å²) in [5.74, 6) is -0.995. The smallest absolute Gasteiger partial charge is 0.449 e. The number of thiophene rings is 2. The SMILES string of the molecule is O=C(O)Oc1sc(-c2ccccc2)cc1N(Cc1ccc(-c2ccc(F)c(Cl)c2)s1)C(=O)c1ccc(Cl)cc1Cl. The minimum atomic E-state index is -1.51. The van der Waals surface area contributed by atoms with Gasteiger partial charge in [0, 0.05) is 19.7 Å². The summed E-state index contributed by atoms with van der Waals surface area (Å²) in [6, 6.07) is 23.7. The lowest BCUT2D eigenvalue weighted by atomic mass is 10.1. The van der Waals surface area contributed by atoms with Crippen molar-refractivity contribution >= 4 is 75.2 Å². The normalized spacial score (nSPS) is 10.9. The molecule has 2 aromatic heterocycles. The van der Waals surface area contributed by atoms with Crippen molar-refractivity contribution in [3.05, 3.63) is 116 Å². The monoisotopic (exact) mass is 631 g/mol. The van der Waals surface area contributed by atoms with Crippen LogP contribution < -0.4 is 9.64 Å². The zero-order chi connectivity index (χ0) is 28.4. The quantitative estimate of drug-likeness (QED) is 0.181. The summed E-state index contributed by atoms with van der Waals surface area (Å²) >= 11 is 20.9. The van der Waals surface area contributed by atoms with Crippen LogP contribution >= 0.6 is 57.5 Å². The first-order chi connectivity index (χ1) is 19.2. The van der Waals surface area contributed by atoms with Crippen LogP contribution in [-0.2, 0) is 6.54 Å². The fourth-order valence-corrected chi connectivity index (χ4v) is 6.62. The molecule has 5 nitrogen and oxygen atoms in total. The molecule has 1 amide bonds.